The number of aliphatic carboxylic acids is 1. The lowest BCUT2D eigenvalue weighted by Crippen LogP contribution is -2.42. The fourth-order valence-corrected chi connectivity index (χ4v) is 1.91. The summed E-state index contributed by atoms with van der Waals surface area (Å²) in [6.07, 6.45) is 0. The Bertz CT molecular complexity index is 319. The maximum Gasteiger partial charge on any atom is 0.324 e. The Labute approximate surface area is 95.5 Å². The predicted octanol–water partition coefficient (Wildman–Crippen LogP) is -0.0726. The summed E-state index contributed by atoms with van der Waals surface area (Å²) in [6.45, 7) is 2.98. The zero-order chi connectivity index (χ0) is 12.8. The number of methoxy groups -OCH3 is 1. The molecule has 0 spiro atoms. The molecular weight excluding hydrogens is 236 g/mol. The summed E-state index contributed by atoms with van der Waals surface area (Å²) in [5, 5.41) is 8.78. The van der Waals surface area contributed by atoms with E-state index in [-0.39, 0.29) is 12.4 Å². The highest BCUT2D eigenvalue weighted by Gasteiger charge is 2.41. The molecule has 96 valence electrons. The highest BCUT2D eigenvalue weighted by molar-refractivity contribution is 7.93. The second-order valence-corrected chi connectivity index (χ2v) is 6.40. The van der Waals surface area contributed by atoms with Gasteiger partial charge in [-0.2, -0.15) is 0 Å². The predicted molar refractivity (Wildman–Crippen MR) is 58.2 cm³/mol. The molecule has 0 saturated heterocycles. The first kappa shape index (κ1) is 15.3. The maximum atomic E-state index is 11.6. The van der Waals surface area contributed by atoms with E-state index in [0.717, 1.165) is 0 Å². The third kappa shape index (κ3) is 4.07. The average Bonchev–Trinajstić information content (AvgIpc) is 2.16. The Morgan fingerprint density at radius 3 is 2.25 bits per heavy atom. The van der Waals surface area contributed by atoms with Gasteiger partial charge in [0.15, 0.2) is 14.6 Å². The van der Waals surface area contributed by atoms with Gasteiger partial charge in [0.25, 0.3) is 0 Å². The summed E-state index contributed by atoms with van der Waals surface area (Å²) in [5.41, 5.74) is 0. The Morgan fingerprint density at radius 2 is 1.81 bits per heavy atom. The number of carbonyl (C=O) groups is 1. The molecule has 0 unspecified atom stereocenters. The van der Waals surface area contributed by atoms with Crippen LogP contribution >= 0.6 is 0 Å². The SMILES string of the molecule is COCCOCCS(=O)(=O)C(C)(C)C(=O)O. The molecule has 0 fully saturated rings. The van der Waals surface area contributed by atoms with Crippen LogP contribution in [0.15, 0.2) is 0 Å². The van der Waals surface area contributed by atoms with E-state index in [1.54, 1.807) is 0 Å². The molecular formula is C9H18O6S. The lowest BCUT2D eigenvalue weighted by atomic mass is 10.2. The molecule has 7 heteroatoms. The van der Waals surface area contributed by atoms with Gasteiger partial charge in [0.1, 0.15) is 0 Å². The van der Waals surface area contributed by atoms with Gasteiger partial charge < -0.3 is 14.6 Å². The third-order valence-electron chi connectivity index (χ3n) is 2.22. The second kappa shape index (κ2) is 6.17. The zero-order valence-electron chi connectivity index (χ0n) is 9.73. The first-order valence-corrected chi connectivity index (χ1v) is 6.43. The van der Waals surface area contributed by atoms with Crippen LogP contribution in [0.4, 0.5) is 0 Å². The first-order valence-electron chi connectivity index (χ1n) is 4.78. The van der Waals surface area contributed by atoms with E-state index in [0.29, 0.717) is 13.2 Å². The van der Waals surface area contributed by atoms with E-state index >= 15 is 0 Å². The molecule has 0 rings (SSSR count). The number of sulfone groups is 1. The minimum atomic E-state index is -3.71. The van der Waals surface area contributed by atoms with E-state index in [4.69, 9.17) is 14.6 Å². The summed E-state index contributed by atoms with van der Waals surface area (Å²) in [6, 6.07) is 0. The van der Waals surface area contributed by atoms with Crippen LogP contribution in [0.25, 0.3) is 0 Å². The van der Waals surface area contributed by atoms with Gasteiger partial charge in [0, 0.05) is 7.11 Å². The van der Waals surface area contributed by atoms with Crippen LogP contribution in [0, 0.1) is 0 Å². The summed E-state index contributed by atoms with van der Waals surface area (Å²) >= 11 is 0. The van der Waals surface area contributed by atoms with Crippen molar-refractivity contribution in [3.05, 3.63) is 0 Å². The standard InChI is InChI=1S/C9H18O6S/c1-9(2,8(10)11)16(12,13)7-6-15-5-4-14-3/h4-7H2,1-3H3,(H,10,11). The number of hydrogen-bond acceptors (Lipinski definition) is 5. The van der Waals surface area contributed by atoms with Gasteiger partial charge in [-0.15, -0.1) is 0 Å². The van der Waals surface area contributed by atoms with E-state index in [1.165, 1.54) is 21.0 Å². The summed E-state index contributed by atoms with van der Waals surface area (Å²) in [5.74, 6) is -1.67. The second-order valence-electron chi connectivity index (χ2n) is 3.74. The molecule has 0 aliphatic heterocycles. The van der Waals surface area contributed by atoms with Crippen LogP contribution in [-0.2, 0) is 24.1 Å². The number of rotatable bonds is 8. The summed E-state index contributed by atoms with van der Waals surface area (Å²) in [7, 11) is -2.20. The van der Waals surface area contributed by atoms with E-state index < -0.39 is 20.6 Å². The molecule has 0 aliphatic rings. The van der Waals surface area contributed by atoms with Crippen molar-refractivity contribution >= 4 is 15.8 Å². The Hall–Kier alpha value is -0.660. The molecule has 1 N–H and O–H groups in total. The Kier molecular flexibility index (Phi) is 5.91. The number of hydrogen-bond donors (Lipinski definition) is 1. The molecule has 0 heterocycles. The Balaban J connectivity index is 4.21. The van der Waals surface area contributed by atoms with Crippen molar-refractivity contribution in [3.63, 3.8) is 0 Å². The van der Waals surface area contributed by atoms with Crippen LogP contribution in [0.3, 0.4) is 0 Å². The van der Waals surface area contributed by atoms with Crippen molar-refractivity contribution in [1.29, 1.82) is 0 Å². The van der Waals surface area contributed by atoms with Crippen molar-refractivity contribution in [3.8, 4) is 0 Å². The largest absolute Gasteiger partial charge is 0.480 e. The van der Waals surface area contributed by atoms with Crippen LogP contribution in [-0.4, -0.2) is 56.9 Å². The summed E-state index contributed by atoms with van der Waals surface area (Å²) < 4.78 is 31.2. The molecule has 0 atom stereocenters. The normalized spacial score (nSPS) is 12.7. The molecule has 0 aromatic heterocycles. The average molecular weight is 254 g/mol. The fourth-order valence-electron chi connectivity index (χ4n) is 0.801. The third-order valence-corrected chi connectivity index (χ3v) is 4.65. The van der Waals surface area contributed by atoms with E-state index in [9.17, 15) is 13.2 Å². The van der Waals surface area contributed by atoms with E-state index in [1.807, 2.05) is 0 Å². The highest BCUT2D eigenvalue weighted by Crippen LogP contribution is 2.17. The van der Waals surface area contributed by atoms with Crippen LogP contribution in [0.1, 0.15) is 13.8 Å². The lowest BCUT2D eigenvalue weighted by molar-refractivity contribution is -0.139. The lowest BCUT2D eigenvalue weighted by Gasteiger charge is -2.19. The minimum Gasteiger partial charge on any atom is -0.480 e. The van der Waals surface area contributed by atoms with Crippen molar-refractivity contribution in [2.24, 2.45) is 0 Å². The van der Waals surface area contributed by atoms with Crippen molar-refractivity contribution in [2.75, 3.05) is 32.7 Å². The van der Waals surface area contributed by atoms with Gasteiger partial charge in [-0.3, -0.25) is 4.79 Å². The quantitative estimate of drug-likeness (QED) is 0.610. The smallest absolute Gasteiger partial charge is 0.324 e. The van der Waals surface area contributed by atoms with Crippen molar-refractivity contribution in [1.82, 2.24) is 0 Å². The van der Waals surface area contributed by atoms with E-state index in [2.05, 4.69) is 0 Å². The molecule has 0 radical (unpaired) electrons. The van der Waals surface area contributed by atoms with Gasteiger partial charge in [-0.05, 0) is 13.8 Å². The first-order chi connectivity index (χ1) is 7.25. The van der Waals surface area contributed by atoms with Gasteiger partial charge in [-0.25, -0.2) is 8.42 Å². The number of ether oxygens (including phenoxy) is 2. The molecule has 0 amide bonds. The molecule has 0 aromatic rings. The van der Waals surface area contributed by atoms with Gasteiger partial charge in [-0.1, -0.05) is 0 Å². The Morgan fingerprint density at radius 1 is 1.25 bits per heavy atom. The molecule has 0 aliphatic carbocycles. The van der Waals surface area contributed by atoms with Crippen LogP contribution in [0.5, 0.6) is 0 Å². The van der Waals surface area contributed by atoms with Crippen LogP contribution in [0.2, 0.25) is 0 Å². The zero-order valence-corrected chi connectivity index (χ0v) is 10.5. The number of carboxylic acids is 1. The molecule has 6 nitrogen and oxygen atoms in total. The highest BCUT2D eigenvalue weighted by atomic mass is 32.2. The molecule has 0 saturated carbocycles. The minimum absolute atomic E-state index is 0.0254. The molecule has 16 heavy (non-hydrogen) atoms. The van der Waals surface area contributed by atoms with Gasteiger partial charge in [0.2, 0.25) is 0 Å². The van der Waals surface area contributed by atoms with Crippen molar-refractivity contribution < 1.29 is 27.8 Å². The van der Waals surface area contributed by atoms with Crippen molar-refractivity contribution in [2.45, 2.75) is 18.6 Å². The van der Waals surface area contributed by atoms with Gasteiger partial charge in [0.05, 0.1) is 25.6 Å². The fraction of sp³-hybridized carbons (Fsp3) is 0.889. The number of carboxylic acid groups (broad SMARTS) is 1. The monoisotopic (exact) mass is 254 g/mol. The maximum absolute atomic E-state index is 11.6. The van der Waals surface area contributed by atoms with Gasteiger partial charge >= 0.3 is 5.97 Å². The topological polar surface area (TPSA) is 89.9 Å². The van der Waals surface area contributed by atoms with Crippen LogP contribution < -0.4 is 0 Å². The molecule has 0 bridgehead atoms. The molecule has 0 aromatic carbocycles. The summed E-state index contributed by atoms with van der Waals surface area (Å²) in [4.78, 5) is 10.8.